The van der Waals surface area contributed by atoms with Gasteiger partial charge in [-0.05, 0) is 30.3 Å². The summed E-state index contributed by atoms with van der Waals surface area (Å²) in [6.45, 7) is 0. The standard InChI is InChI=1S/C12H11ClN4O3S/c13-11-9(2-1-5-16-11)17-21(19,20)10-4-3-7(12(15)18)6-8(10)14/h1-6,17H,14H2,(H2,15,18). The van der Waals surface area contributed by atoms with Crippen LogP contribution in [0.5, 0.6) is 0 Å². The summed E-state index contributed by atoms with van der Waals surface area (Å²) in [5.41, 5.74) is 10.9. The van der Waals surface area contributed by atoms with Crippen molar-refractivity contribution >= 4 is 38.9 Å². The molecule has 0 aliphatic rings. The Bertz CT molecular complexity index is 808. The zero-order valence-electron chi connectivity index (χ0n) is 10.6. The molecule has 0 aliphatic carbocycles. The fourth-order valence-corrected chi connectivity index (χ4v) is 3.01. The topological polar surface area (TPSA) is 128 Å². The molecule has 1 aromatic heterocycles. The number of halogens is 1. The van der Waals surface area contributed by atoms with E-state index in [2.05, 4.69) is 9.71 Å². The predicted octanol–water partition coefficient (Wildman–Crippen LogP) is 1.22. The number of nitrogens with zero attached hydrogens (tertiary/aromatic N) is 1. The molecule has 5 N–H and O–H groups in total. The molecule has 0 spiro atoms. The van der Waals surface area contributed by atoms with Crippen molar-refractivity contribution in [2.45, 2.75) is 4.90 Å². The first kappa shape index (κ1) is 15.1. The van der Waals surface area contributed by atoms with Crippen LogP contribution in [-0.2, 0) is 10.0 Å². The van der Waals surface area contributed by atoms with Gasteiger partial charge in [-0.1, -0.05) is 11.6 Å². The van der Waals surface area contributed by atoms with Gasteiger partial charge in [0.1, 0.15) is 4.90 Å². The molecule has 0 bridgehead atoms. The molecule has 0 aliphatic heterocycles. The zero-order valence-corrected chi connectivity index (χ0v) is 12.1. The van der Waals surface area contributed by atoms with E-state index >= 15 is 0 Å². The first-order valence-corrected chi connectivity index (χ1v) is 7.50. The second-order valence-corrected chi connectivity index (χ2v) is 6.07. The van der Waals surface area contributed by atoms with Crippen molar-refractivity contribution < 1.29 is 13.2 Å². The lowest BCUT2D eigenvalue weighted by atomic mass is 10.2. The number of amides is 1. The Morgan fingerprint density at radius 3 is 2.57 bits per heavy atom. The van der Waals surface area contributed by atoms with Gasteiger partial charge in [0.2, 0.25) is 5.91 Å². The van der Waals surface area contributed by atoms with E-state index < -0.39 is 15.9 Å². The first-order chi connectivity index (χ1) is 9.81. The van der Waals surface area contributed by atoms with Crippen LogP contribution in [0.15, 0.2) is 41.4 Å². The molecule has 0 radical (unpaired) electrons. The smallest absolute Gasteiger partial charge is 0.264 e. The number of anilines is 2. The van der Waals surface area contributed by atoms with Crippen molar-refractivity contribution in [3.8, 4) is 0 Å². The highest BCUT2D eigenvalue weighted by Gasteiger charge is 2.19. The minimum atomic E-state index is -3.96. The largest absolute Gasteiger partial charge is 0.398 e. The number of sulfonamides is 1. The van der Waals surface area contributed by atoms with E-state index in [1.54, 1.807) is 0 Å². The van der Waals surface area contributed by atoms with E-state index in [0.29, 0.717) is 0 Å². The minimum absolute atomic E-state index is 0.00778. The van der Waals surface area contributed by atoms with Gasteiger partial charge in [-0.15, -0.1) is 0 Å². The summed E-state index contributed by atoms with van der Waals surface area (Å²) >= 11 is 5.79. The fourth-order valence-electron chi connectivity index (χ4n) is 1.61. The molecule has 21 heavy (non-hydrogen) atoms. The summed E-state index contributed by atoms with van der Waals surface area (Å²) in [5.74, 6) is -0.700. The Morgan fingerprint density at radius 1 is 1.29 bits per heavy atom. The lowest BCUT2D eigenvalue weighted by Gasteiger charge is -2.11. The van der Waals surface area contributed by atoms with Crippen molar-refractivity contribution in [1.29, 1.82) is 0 Å². The fraction of sp³-hybridized carbons (Fsp3) is 0. The number of aromatic nitrogens is 1. The number of rotatable bonds is 4. The summed E-state index contributed by atoms with van der Waals surface area (Å²) in [4.78, 5) is 14.6. The number of carbonyl (C=O) groups excluding carboxylic acids is 1. The van der Waals surface area contributed by atoms with Crippen LogP contribution in [0.4, 0.5) is 11.4 Å². The van der Waals surface area contributed by atoms with Gasteiger partial charge in [-0.25, -0.2) is 13.4 Å². The van der Waals surface area contributed by atoms with Crippen LogP contribution in [0.25, 0.3) is 0 Å². The second-order valence-electron chi connectivity index (χ2n) is 4.06. The number of nitrogen functional groups attached to an aromatic ring is 1. The lowest BCUT2D eigenvalue weighted by molar-refractivity contribution is 0.1000. The molecule has 0 unspecified atom stereocenters. The van der Waals surface area contributed by atoms with E-state index in [0.717, 1.165) is 0 Å². The molecule has 7 nitrogen and oxygen atoms in total. The van der Waals surface area contributed by atoms with E-state index in [4.69, 9.17) is 23.1 Å². The van der Waals surface area contributed by atoms with Crippen molar-refractivity contribution in [2.75, 3.05) is 10.5 Å². The summed E-state index contributed by atoms with van der Waals surface area (Å²) in [6.07, 6.45) is 1.43. The van der Waals surface area contributed by atoms with Gasteiger partial charge in [0.05, 0.1) is 11.4 Å². The number of benzene rings is 1. The molecule has 2 aromatic rings. The van der Waals surface area contributed by atoms with E-state index in [9.17, 15) is 13.2 Å². The van der Waals surface area contributed by atoms with Crippen LogP contribution in [0.3, 0.4) is 0 Å². The highest BCUT2D eigenvalue weighted by molar-refractivity contribution is 7.92. The maximum atomic E-state index is 12.3. The Hall–Kier alpha value is -2.32. The minimum Gasteiger partial charge on any atom is -0.398 e. The molecule has 0 saturated carbocycles. The van der Waals surface area contributed by atoms with Crippen LogP contribution in [0, 0.1) is 0 Å². The molecular weight excluding hydrogens is 316 g/mol. The Morgan fingerprint density at radius 2 is 2.00 bits per heavy atom. The van der Waals surface area contributed by atoms with Crippen LogP contribution in [0.2, 0.25) is 5.15 Å². The van der Waals surface area contributed by atoms with Crippen LogP contribution in [0.1, 0.15) is 10.4 Å². The Kier molecular flexibility index (Phi) is 4.01. The molecule has 2 rings (SSSR count). The van der Waals surface area contributed by atoms with Crippen LogP contribution in [-0.4, -0.2) is 19.3 Å². The highest BCUT2D eigenvalue weighted by atomic mass is 35.5. The maximum Gasteiger partial charge on any atom is 0.264 e. The van der Waals surface area contributed by atoms with Gasteiger partial charge < -0.3 is 11.5 Å². The van der Waals surface area contributed by atoms with Gasteiger partial charge >= 0.3 is 0 Å². The first-order valence-electron chi connectivity index (χ1n) is 5.64. The third-order valence-corrected chi connectivity index (χ3v) is 4.33. The molecule has 9 heteroatoms. The molecule has 0 atom stereocenters. The molecule has 110 valence electrons. The predicted molar refractivity (Wildman–Crippen MR) is 79.4 cm³/mol. The number of pyridine rings is 1. The normalized spacial score (nSPS) is 11.1. The molecule has 1 aromatic carbocycles. The third-order valence-electron chi connectivity index (χ3n) is 2.59. The molecule has 0 saturated heterocycles. The maximum absolute atomic E-state index is 12.3. The van der Waals surface area contributed by atoms with Gasteiger partial charge in [0.25, 0.3) is 10.0 Å². The average molecular weight is 327 g/mol. The molecule has 0 fully saturated rings. The van der Waals surface area contributed by atoms with Crippen molar-refractivity contribution in [3.05, 3.63) is 47.2 Å². The van der Waals surface area contributed by atoms with E-state index in [-0.39, 0.29) is 27.0 Å². The molecular formula is C12H11ClN4O3S. The number of carbonyl (C=O) groups is 1. The Labute approximate surface area is 126 Å². The summed E-state index contributed by atoms with van der Waals surface area (Å²) in [7, 11) is -3.96. The Balaban J connectivity index is 2.41. The van der Waals surface area contributed by atoms with Gasteiger partial charge in [0.15, 0.2) is 5.15 Å². The number of nitrogens with two attached hydrogens (primary N) is 2. The highest BCUT2D eigenvalue weighted by Crippen LogP contribution is 2.25. The van der Waals surface area contributed by atoms with Crippen molar-refractivity contribution in [1.82, 2.24) is 4.98 Å². The van der Waals surface area contributed by atoms with E-state index in [1.165, 1.54) is 36.5 Å². The van der Waals surface area contributed by atoms with Crippen molar-refractivity contribution in [2.24, 2.45) is 5.73 Å². The van der Waals surface area contributed by atoms with Gasteiger partial charge in [-0.3, -0.25) is 9.52 Å². The zero-order chi connectivity index (χ0) is 15.6. The monoisotopic (exact) mass is 326 g/mol. The average Bonchev–Trinajstić information content (AvgIpc) is 2.40. The van der Waals surface area contributed by atoms with Crippen LogP contribution >= 0.6 is 11.6 Å². The second kappa shape index (κ2) is 5.58. The van der Waals surface area contributed by atoms with Gasteiger partial charge in [0, 0.05) is 11.8 Å². The SMILES string of the molecule is NC(=O)c1ccc(S(=O)(=O)Nc2cccnc2Cl)c(N)c1. The van der Waals surface area contributed by atoms with Crippen LogP contribution < -0.4 is 16.2 Å². The quantitative estimate of drug-likeness (QED) is 0.574. The number of hydrogen-bond acceptors (Lipinski definition) is 5. The summed E-state index contributed by atoms with van der Waals surface area (Å²) in [5, 5.41) is 0.00778. The lowest BCUT2D eigenvalue weighted by Crippen LogP contribution is -2.17. The van der Waals surface area contributed by atoms with Crippen molar-refractivity contribution in [3.63, 3.8) is 0 Å². The number of primary amides is 1. The van der Waals surface area contributed by atoms with E-state index in [1.807, 2.05) is 0 Å². The summed E-state index contributed by atoms with van der Waals surface area (Å²) in [6, 6.07) is 6.66. The van der Waals surface area contributed by atoms with Gasteiger partial charge in [-0.2, -0.15) is 0 Å². The number of hydrogen-bond donors (Lipinski definition) is 3. The third kappa shape index (κ3) is 3.23. The number of nitrogens with one attached hydrogen (secondary N) is 1. The molecule has 1 amide bonds. The summed E-state index contributed by atoms with van der Waals surface area (Å²) < 4.78 is 26.8. The molecule has 1 heterocycles.